The van der Waals surface area contributed by atoms with E-state index in [-0.39, 0.29) is 12.1 Å². The number of fused-ring (bicyclic) bond motifs is 15. The van der Waals surface area contributed by atoms with Crippen LogP contribution < -0.4 is 25.5 Å². The SMILES string of the molecule is CC(C)c1ccc(-c2ccccc2)c(-c2ccc3c(c2)N(c2ccc(C(C)(C)C)cc2)c2cccc4c2B3c2sc3c(c2N4c2ccccc2)-c2ccccc2C32c3ccccc3-c3ccccc32)c1. The van der Waals surface area contributed by atoms with Crippen LogP contribution >= 0.6 is 11.3 Å². The Morgan fingerprint density at radius 3 is 1.71 bits per heavy atom. The minimum absolute atomic E-state index is 0.0161. The Labute approximate surface area is 416 Å². The van der Waals surface area contributed by atoms with Gasteiger partial charge in [-0.3, -0.25) is 0 Å². The Morgan fingerprint density at radius 1 is 0.471 bits per heavy atom. The first kappa shape index (κ1) is 41.3. The van der Waals surface area contributed by atoms with E-state index in [9.17, 15) is 0 Å². The maximum Gasteiger partial charge on any atom is 0.264 e. The van der Waals surface area contributed by atoms with E-state index in [1.807, 2.05) is 0 Å². The molecule has 70 heavy (non-hydrogen) atoms. The van der Waals surface area contributed by atoms with E-state index < -0.39 is 5.41 Å². The fourth-order valence-electron chi connectivity index (χ4n) is 12.6. The summed E-state index contributed by atoms with van der Waals surface area (Å²) in [5.74, 6) is 0.394. The number of thiophene rings is 1. The lowest BCUT2D eigenvalue weighted by Gasteiger charge is -2.43. The second-order valence-corrected chi connectivity index (χ2v) is 22.0. The molecule has 2 aliphatic heterocycles. The van der Waals surface area contributed by atoms with Crippen LogP contribution in [0.25, 0.3) is 44.5 Å². The summed E-state index contributed by atoms with van der Waals surface area (Å²) in [6.07, 6.45) is 0. The molecule has 1 aromatic heterocycles. The molecule has 10 aromatic rings. The first-order valence-electron chi connectivity index (χ1n) is 24.9. The van der Waals surface area contributed by atoms with Crippen LogP contribution in [0.5, 0.6) is 0 Å². The van der Waals surface area contributed by atoms with Gasteiger partial charge >= 0.3 is 0 Å². The number of anilines is 6. The highest BCUT2D eigenvalue weighted by atomic mass is 32.1. The van der Waals surface area contributed by atoms with Crippen LogP contribution in [0.1, 0.15) is 73.2 Å². The van der Waals surface area contributed by atoms with E-state index in [0.717, 1.165) is 5.69 Å². The lowest BCUT2D eigenvalue weighted by molar-refractivity contribution is 0.590. The van der Waals surface area contributed by atoms with Crippen LogP contribution in [0.2, 0.25) is 0 Å². The summed E-state index contributed by atoms with van der Waals surface area (Å²) in [5, 5.41) is 0. The standard InChI is InChI=1S/C66H51BN2S/c1-41(2)43-31-37-48(42-19-8-6-9-20-42)52(39-43)44-32-38-56-59(40-44)68(47-35-33-45(34-36-47)65(3,4)5)57-29-18-30-58-61(57)67(56)64-62(69(58)46-21-10-7-11-22-46)60-51-25-14-17-28-55(51)66(63(60)70-64)53-26-15-12-23-49(53)50-24-13-16-27-54(50)66/h6-41H,1-5H3. The summed E-state index contributed by atoms with van der Waals surface area (Å²) in [6, 6.07) is 80.7. The van der Waals surface area contributed by atoms with Gasteiger partial charge in [0, 0.05) is 43.7 Å². The summed E-state index contributed by atoms with van der Waals surface area (Å²) < 4.78 is 1.40. The van der Waals surface area contributed by atoms with Crippen molar-refractivity contribution in [3.8, 4) is 44.5 Å². The maximum absolute atomic E-state index is 2.62. The van der Waals surface area contributed by atoms with Gasteiger partial charge < -0.3 is 9.80 Å². The Kier molecular flexibility index (Phi) is 8.96. The highest BCUT2D eigenvalue weighted by molar-refractivity contribution is 7.30. The maximum atomic E-state index is 2.62. The Morgan fingerprint density at radius 2 is 1.06 bits per heavy atom. The van der Waals surface area contributed by atoms with Gasteiger partial charge in [0.05, 0.1) is 11.1 Å². The molecule has 4 aliphatic rings. The van der Waals surface area contributed by atoms with Gasteiger partial charge in [-0.25, -0.2) is 0 Å². The zero-order chi connectivity index (χ0) is 47.0. The average Bonchev–Trinajstić information content (AvgIpc) is 4.03. The summed E-state index contributed by atoms with van der Waals surface area (Å²) in [4.78, 5) is 6.61. The highest BCUT2D eigenvalue weighted by Crippen LogP contribution is 2.67. The summed E-state index contributed by atoms with van der Waals surface area (Å²) in [6.45, 7) is 11.5. The van der Waals surface area contributed by atoms with Crippen molar-refractivity contribution in [2.24, 2.45) is 0 Å². The second-order valence-electron chi connectivity index (χ2n) is 21.0. The van der Waals surface area contributed by atoms with E-state index in [4.69, 9.17) is 0 Å². The normalized spacial score (nSPS) is 14.2. The summed E-state index contributed by atoms with van der Waals surface area (Å²) >= 11 is 2.05. The van der Waals surface area contributed by atoms with Gasteiger partial charge in [-0.15, -0.1) is 11.3 Å². The van der Waals surface area contributed by atoms with Crippen LogP contribution in [0.3, 0.4) is 0 Å². The smallest absolute Gasteiger partial charge is 0.264 e. The van der Waals surface area contributed by atoms with Gasteiger partial charge in [-0.2, -0.15) is 0 Å². The molecular formula is C66H51BN2S. The van der Waals surface area contributed by atoms with Gasteiger partial charge in [0.1, 0.15) is 0 Å². The number of hydrogen-bond donors (Lipinski definition) is 0. The highest BCUT2D eigenvalue weighted by Gasteiger charge is 2.56. The molecule has 0 saturated carbocycles. The lowest BCUT2D eigenvalue weighted by atomic mass is 9.36. The molecular weight excluding hydrogens is 864 g/mol. The van der Waals surface area contributed by atoms with E-state index in [2.05, 4.69) is 268 Å². The van der Waals surface area contributed by atoms with Crippen molar-refractivity contribution in [1.29, 1.82) is 0 Å². The van der Waals surface area contributed by atoms with E-state index in [0.29, 0.717) is 5.92 Å². The van der Waals surface area contributed by atoms with Crippen molar-refractivity contribution in [2.45, 2.75) is 51.4 Å². The number of benzene rings is 9. The predicted molar refractivity (Wildman–Crippen MR) is 298 cm³/mol. The van der Waals surface area contributed by atoms with Gasteiger partial charge in [-0.1, -0.05) is 204 Å². The molecule has 3 heterocycles. The van der Waals surface area contributed by atoms with Gasteiger partial charge in [0.25, 0.3) is 6.71 Å². The van der Waals surface area contributed by atoms with Gasteiger partial charge in [-0.05, 0) is 131 Å². The molecule has 0 radical (unpaired) electrons. The fourth-order valence-corrected chi connectivity index (χ4v) is 14.3. The molecule has 0 amide bonds. The average molecular weight is 915 g/mol. The van der Waals surface area contributed by atoms with Crippen LogP contribution in [0.4, 0.5) is 34.1 Å². The molecule has 14 rings (SSSR count). The molecule has 2 nitrogen and oxygen atoms in total. The van der Waals surface area contributed by atoms with Crippen molar-refractivity contribution in [3.63, 3.8) is 0 Å². The molecule has 0 atom stereocenters. The molecule has 9 aromatic carbocycles. The van der Waals surface area contributed by atoms with Gasteiger partial charge in [0.15, 0.2) is 0 Å². The molecule has 1 spiro atoms. The van der Waals surface area contributed by atoms with Crippen LogP contribution in [0.15, 0.2) is 212 Å². The van der Waals surface area contributed by atoms with E-state index >= 15 is 0 Å². The minimum atomic E-state index is -0.448. The predicted octanol–water partition coefficient (Wildman–Crippen LogP) is 15.9. The van der Waals surface area contributed by atoms with Gasteiger partial charge in [0.2, 0.25) is 0 Å². The summed E-state index contributed by atoms with van der Waals surface area (Å²) in [5.41, 5.74) is 26.7. The van der Waals surface area contributed by atoms with E-state index in [1.165, 1.54) is 121 Å². The largest absolute Gasteiger partial charge is 0.311 e. The number of rotatable bonds is 5. The third-order valence-corrected chi connectivity index (χ3v) is 17.2. The zero-order valence-electron chi connectivity index (χ0n) is 40.2. The van der Waals surface area contributed by atoms with Crippen LogP contribution in [0, 0.1) is 0 Å². The molecule has 0 fully saturated rings. The van der Waals surface area contributed by atoms with Crippen molar-refractivity contribution in [3.05, 3.63) is 245 Å². The third-order valence-electron chi connectivity index (χ3n) is 15.8. The lowest BCUT2D eigenvalue weighted by Crippen LogP contribution is -2.60. The molecule has 4 heteroatoms. The molecule has 2 aliphatic carbocycles. The Balaban J connectivity index is 1.08. The third kappa shape index (κ3) is 5.69. The first-order valence-corrected chi connectivity index (χ1v) is 25.7. The number of nitrogens with zero attached hydrogens (tertiary/aromatic N) is 2. The molecule has 0 bridgehead atoms. The van der Waals surface area contributed by atoms with Crippen molar-refractivity contribution in [1.82, 2.24) is 0 Å². The molecule has 0 saturated heterocycles. The van der Waals surface area contributed by atoms with Crippen LogP contribution in [-0.2, 0) is 10.8 Å². The topological polar surface area (TPSA) is 6.48 Å². The quantitative estimate of drug-likeness (QED) is 0.159. The molecule has 0 N–H and O–H groups in total. The Bertz CT molecular complexity index is 3700. The number of hydrogen-bond acceptors (Lipinski definition) is 3. The van der Waals surface area contributed by atoms with Crippen molar-refractivity contribution >= 4 is 67.9 Å². The minimum Gasteiger partial charge on any atom is -0.311 e. The van der Waals surface area contributed by atoms with Crippen molar-refractivity contribution < 1.29 is 0 Å². The Hall–Kier alpha value is -7.66. The fraction of sp³-hybridized carbons (Fsp3) is 0.121. The number of para-hydroxylation sites is 1. The zero-order valence-corrected chi connectivity index (χ0v) is 41.0. The summed E-state index contributed by atoms with van der Waals surface area (Å²) in [7, 11) is 0. The molecule has 0 unspecified atom stereocenters. The first-order chi connectivity index (χ1) is 34.2. The second kappa shape index (κ2) is 15.2. The van der Waals surface area contributed by atoms with E-state index in [1.54, 1.807) is 0 Å². The molecule has 334 valence electrons. The van der Waals surface area contributed by atoms with Crippen molar-refractivity contribution in [2.75, 3.05) is 9.80 Å². The van der Waals surface area contributed by atoms with Crippen LogP contribution in [-0.4, -0.2) is 6.71 Å². The monoisotopic (exact) mass is 914 g/mol.